The van der Waals surface area contributed by atoms with E-state index in [1.165, 1.54) is 0 Å². The van der Waals surface area contributed by atoms with E-state index >= 15 is 0 Å². The summed E-state index contributed by atoms with van der Waals surface area (Å²) in [6.07, 6.45) is 3.66. The molecular weight excluding hydrogens is 318 g/mol. The van der Waals surface area contributed by atoms with Crippen LogP contribution < -0.4 is 5.32 Å². The first-order valence-electron chi connectivity index (χ1n) is 8.64. The maximum absolute atomic E-state index is 12.3. The summed E-state index contributed by atoms with van der Waals surface area (Å²) in [5.74, 6) is -0.819. The van der Waals surface area contributed by atoms with Crippen molar-refractivity contribution in [2.45, 2.75) is 38.3 Å². The molecule has 0 saturated heterocycles. The van der Waals surface area contributed by atoms with Crippen LogP contribution in [0.25, 0.3) is 10.9 Å². The number of amides is 1. The smallest absolute Gasteiger partial charge is 0.317 e. The number of aliphatic carboxylic acids is 1. The average molecular weight is 341 g/mol. The van der Waals surface area contributed by atoms with Gasteiger partial charge in [-0.05, 0) is 31.0 Å². The molecule has 0 radical (unpaired) electrons. The minimum atomic E-state index is -0.808. The molecule has 0 unspecified atom stereocenters. The SMILES string of the molecule is CCN(CC(=O)O)C1CC(NC(=O)Cc2cccc3cccnc23)C1. The maximum Gasteiger partial charge on any atom is 0.317 e. The van der Waals surface area contributed by atoms with Crippen molar-refractivity contribution >= 4 is 22.8 Å². The summed E-state index contributed by atoms with van der Waals surface area (Å²) in [4.78, 5) is 29.5. The van der Waals surface area contributed by atoms with E-state index in [4.69, 9.17) is 5.11 Å². The van der Waals surface area contributed by atoms with Crippen molar-refractivity contribution in [1.82, 2.24) is 15.2 Å². The number of fused-ring (bicyclic) bond motifs is 1. The largest absolute Gasteiger partial charge is 0.480 e. The number of carboxylic acid groups (broad SMARTS) is 1. The lowest BCUT2D eigenvalue weighted by molar-refractivity contribution is -0.139. The number of carbonyl (C=O) groups excluding carboxylic acids is 1. The fraction of sp³-hybridized carbons (Fsp3) is 0.421. The second kappa shape index (κ2) is 7.61. The summed E-state index contributed by atoms with van der Waals surface area (Å²) < 4.78 is 0. The Morgan fingerprint density at radius 1 is 1.28 bits per heavy atom. The van der Waals surface area contributed by atoms with Gasteiger partial charge in [-0.2, -0.15) is 0 Å². The molecule has 0 aliphatic heterocycles. The minimum absolute atomic E-state index is 0.0112. The fourth-order valence-electron chi connectivity index (χ4n) is 3.44. The Labute approximate surface area is 146 Å². The molecule has 1 amide bonds. The van der Waals surface area contributed by atoms with Crippen LogP contribution in [-0.4, -0.2) is 52.0 Å². The fourth-order valence-corrected chi connectivity index (χ4v) is 3.44. The third kappa shape index (κ3) is 4.14. The Morgan fingerprint density at radius 3 is 2.76 bits per heavy atom. The van der Waals surface area contributed by atoms with Crippen LogP contribution in [0.15, 0.2) is 36.5 Å². The van der Waals surface area contributed by atoms with Gasteiger partial charge in [0.25, 0.3) is 0 Å². The van der Waals surface area contributed by atoms with Crippen molar-refractivity contribution in [3.8, 4) is 0 Å². The Hall–Kier alpha value is -2.47. The molecule has 6 nitrogen and oxygen atoms in total. The number of carboxylic acids is 1. The third-order valence-electron chi connectivity index (χ3n) is 4.81. The molecule has 0 atom stereocenters. The quantitative estimate of drug-likeness (QED) is 0.803. The number of likely N-dealkylation sites (N-methyl/N-ethyl adjacent to an activating group) is 1. The minimum Gasteiger partial charge on any atom is -0.480 e. The predicted molar refractivity (Wildman–Crippen MR) is 95.3 cm³/mol. The molecule has 132 valence electrons. The lowest BCUT2D eigenvalue weighted by Gasteiger charge is -2.42. The summed E-state index contributed by atoms with van der Waals surface area (Å²) in [7, 11) is 0. The lowest BCUT2D eigenvalue weighted by Crippen LogP contribution is -2.55. The van der Waals surface area contributed by atoms with Gasteiger partial charge < -0.3 is 10.4 Å². The van der Waals surface area contributed by atoms with Crippen LogP contribution in [0.2, 0.25) is 0 Å². The zero-order chi connectivity index (χ0) is 17.8. The van der Waals surface area contributed by atoms with Crippen molar-refractivity contribution in [1.29, 1.82) is 0 Å². The van der Waals surface area contributed by atoms with Crippen LogP contribution in [-0.2, 0) is 16.0 Å². The zero-order valence-corrected chi connectivity index (χ0v) is 14.3. The molecule has 1 aliphatic carbocycles. The molecule has 0 bridgehead atoms. The van der Waals surface area contributed by atoms with Crippen molar-refractivity contribution in [3.05, 3.63) is 42.1 Å². The molecule has 25 heavy (non-hydrogen) atoms. The summed E-state index contributed by atoms with van der Waals surface area (Å²) >= 11 is 0. The number of pyridine rings is 1. The highest BCUT2D eigenvalue weighted by atomic mass is 16.4. The van der Waals surface area contributed by atoms with Crippen LogP contribution in [0.3, 0.4) is 0 Å². The van der Waals surface area contributed by atoms with Crippen molar-refractivity contribution in [2.75, 3.05) is 13.1 Å². The van der Waals surface area contributed by atoms with Crippen LogP contribution in [0.1, 0.15) is 25.3 Å². The monoisotopic (exact) mass is 341 g/mol. The number of para-hydroxylation sites is 1. The topological polar surface area (TPSA) is 82.5 Å². The van der Waals surface area contributed by atoms with E-state index in [1.807, 2.05) is 42.2 Å². The van der Waals surface area contributed by atoms with E-state index < -0.39 is 5.97 Å². The molecule has 1 heterocycles. The van der Waals surface area contributed by atoms with E-state index in [0.29, 0.717) is 13.0 Å². The van der Waals surface area contributed by atoms with E-state index in [0.717, 1.165) is 29.3 Å². The zero-order valence-electron chi connectivity index (χ0n) is 14.3. The molecule has 0 spiro atoms. The van der Waals surface area contributed by atoms with Gasteiger partial charge in [-0.3, -0.25) is 19.5 Å². The standard InChI is InChI=1S/C19H23N3O3/c1-2-22(12-18(24)25)16-10-15(11-16)21-17(23)9-14-6-3-5-13-7-4-8-20-19(13)14/h3-8,15-16H,2,9-12H2,1H3,(H,21,23)(H,24,25). The number of hydrogen-bond donors (Lipinski definition) is 2. The number of nitrogens with zero attached hydrogens (tertiary/aromatic N) is 2. The molecule has 2 N–H and O–H groups in total. The summed E-state index contributed by atoms with van der Waals surface area (Å²) in [5.41, 5.74) is 1.79. The van der Waals surface area contributed by atoms with E-state index in [-0.39, 0.29) is 24.5 Å². The first-order valence-corrected chi connectivity index (χ1v) is 8.64. The second-order valence-electron chi connectivity index (χ2n) is 6.52. The third-order valence-corrected chi connectivity index (χ3v) is 4.81. The van der Waals surface area contributed by atoms with Crippen LogP contribution in [0.4, 0.5) is 0 Å². The van der Waals surface area contributed by atoms with Gasteiger partial charge in [0, 0.05) is 23.7 Å². The molecule has 1 aromatic heterocycles. The van der Waals surface area contributed by atoms with Gasteiger partial charge in [0.2, 0.25) is 5.91 Å². The normalized spacial score (nSPS) is 19.6. The Morgan fingerprint density at radius 2 is 2.04 bits per heavy atom. The molecule has 6 heteroatoms. The van der Waals surface area contributed by atoms with Gasteiger partial charge in [0.15, 0.2) is 0 Å². The van der Waals surface area contributed by atoms with Gasteiger partial charge in [-0.25, -0.2) is 0 Å². The molecule has 3 rings (SSSR count). The number of hydrogen-bond acceptors (Lipinski definition) is 4. The number of nitrogens with one attached hydrogen (secondary N) is 1. The summed E-state index contributed by atoms with van der Waals surface area (Å²) in [6.45, 7) is 2.73. The van der Waals surface area contributed by atoms with Crippen LogP contribution in [0.5, 0.6) is 0 Å². The van der Waals surface area contributed by atoms with E-state index in [1.54, 1.807) is 6.20 Å². The highest BCUT2D eigenvalue weighted by Gasteiger charge is 2.34. The lowest BCUT2D eigenvalue weighted by atomic mass is 9.85. The highest BCUT2D eigenvalue weighted by molar-refractivity contribution is 5.87. The number of carbonyl (C=O) groups is 2. The highest BCUT2D eigenvalue weighted by Crippen LogP contribution is 2.26. The van der Waals surface area contributed by atoms with E-state index in [2.05, 4.69) is 10.3 Å². The summed E-state index contributed by atoms with van der Waals surface area (Å²) in [5, 5.41) is 13.0. The average Bonchev–Trinajstić information content (AvgIpc) is 2.56. The second-order valence-corrected chi connectivity index (χ2v) is 6.52. The van der Waals surface area contributed by atoms with Crippen LogP contribution in [0, 0.1) is 0 Å². The first kappa shape index (κ1) is 17.4. The molecule has 2 aromatic rings. The predicted octanol–water partition coefficient (Wildman–Crippen LogP) is 1.83. The van der Waals surface area contributed by atoms with Gasteiger partial charge in [0.1, 0.15) is 0 Å². The molecule has 1 aliphatic rings. The van der Waals surface area contributed by atoms with Crippen LogP contribution >= 0.6 is 0 Å². The Kier molecular flexibility index (Phi) is 5.28. The maximum atomic E-state index is 12.3. The number of rotatable bonds is 7. The van der Waals surface area contributed by atoms with Crippen molar-refractivity contribution in [3.63, 3.8) is 0 Å². The number of benzene rings is 1. The molecule has 1 aromatic carbocycles. The molecule has 1 saturated carbocycles. The van der Waals surface area contributed by atoms with Gasteiger partial charge in [0.05, 0.1) is 18.5 Å². The number of aromatic nitrogens is 1. The Balaban J connectivity index is 1.53. The first-order chi connectivity index (χ1) is 12.1. The van der Waals surface area contributed by atoms with Gasteiger partial charge in [-0.15, -0.1) is 0 Å². The molecular formula is C19H23N3O3. The van der Waals surface area contributed by atoms with Gasteiger partial charge >= 0.3 is 5.97 Å². The van der Waals surface area contributed by atoms with E-state index in [9.17, 15) is 9.59 Å². The van der Waals surface area contributed by atoms with Gasteiger partial charge in [-0.1, -0.05) is 31.2 Å². The molecule has 1 fully saturated rings. The summed E-state index contributed by atoms with van der Waals surface area (Å²) in [6, 6.07) is 10.1. The van der Waals surface area contributed by atoms with Crippen molar-refractivity contribution in [2.24, 2.45) is 0 Å². The Bertz CT molecular complexity index is 766. The van der Waals surface area contributed by atoms with Crippen molar-refractivity contribution < 1.29 is 14.7 Å².